The average molecular weight is 515 g/mol. The molecule has 0 saturated carbocycles. The van der Waals surface area contributed by atoms with Gasteiger partial charge in [0.2, 0.25) is 5.91 Å². The van der Waals surface area contributed by atoms with Gasteiger partial charge < -0.3 is 20.7 Å². The number of benzene rings is 3. The minimum Gasteiger partial charge on any atom is -0.496 e. The quantitative estimate of drug-likeness (QED) is 0.382. The normalized spacial score (nSPS) is 14.9. The molecule has 37 heavy (non-hydrogen) atoms. The summed E-state index contributed by atoms with van der Waals surface area (Å²) in [6.45, 7) is 5.79. The molecule has 3 aromatic carbocycles. The highest BCUT2D eigenvalue weighted by atomic mass is 32.2. The second-order valence-electron chi connectivity index (χ2n) is 8.76. The molecule has 1 aliphatic heterocycles. The zero-order valence-electron chi connectivity index (χ0n) is 21.3. The minimum atomic E-state index is -0.568. The molecule has 1 aliphatic rings. The summed E-state index contributed by atoms with van der Waals surface area (Å²) in [7, 11) is 1.62. The molecule has 0 radical (unpaired) electrons. The number of nitrogens with zero attached hydrogens (tertiary/aromatic N) is 1. The predicted molar refractivity (Wildman–Crippen MR) is 151 cm³/mol. The second kappa shape index (κ2) is 11.8. The number of anilines is 2. The number of thioether (sulfide) groups is 1. The third kappa shape index (κ3) is 6.59. The van der Waals surface area contributed by atoms with Crippen molar-refractivity contribution >= 4 is 40.1 Å². The number of nitrogens with one attached hydrogen (secondary N) is 3. The monoisotopic (exact) mass is 514 g/mol. The first-order valence-electron chi connectivity index (χ1n) is 11.9. The lowest BCUT2D eigenvalue weighted by Crippen LogP contribution is -2.32. The fourth-order valence-electron chi connectivity index (χ4n) is 4.04. The van der Waals surface area contributed by atoms with Crippen molar-refractivity contribution in [1.82, 2.24) is 5.32 Å². The number of hydrogen-bond donors (Lipinski definition) is 3. The van der Waals surface area contributed by atoms with E-state index in [2.05, 4.69) is 16.0 Å². The van der Waals surface area contributed by atoms with Gasteiger partial charge in [0.25, 0.3) is 5.91 Å². The van der Waals surface area contributed by atoms with Crippen molar-refractivity contribution in [2.24, 2.45) is 4.99 Å². The number of amides is 2. The fraction of sp³-hybridized carbons (Fsp3) is 0.207. The Bertz CT molecular complexity index is 1370. The molecule has 190 valence electrons. The van der Waals surface area contributed by atoms with Crippen LogP contribution in [-0.4, -0.2) is 29.8 Å². The Morgan fingerprint density at radius 3 is 2.43 bits per heavy atom. The summed E-state index contributed by atoms with van der Waals surface area (Å²) in [4.78, 5) is 30.9. The van der Waals surface area contributed by atoms with Gasteiger partial charge in [0.15, 0.2) is 5.17 Å². The number of para-hydroxylation sites is 1. The van der Waals surface area contributed by atoms with Crippen LogP contribution in [0.25, 0.3) is 0 Å². The van der Waals surface area contributed by atoms with Crippen molar-refractivity contribution in [2.45, 2.75) is 26.8 Å². The van der Waals surface area contributed by atoms with Crippen LogP contribution in [0.5, 0.6) is 5.75 Å². The molecular formula is C29H30N4O3S. The molecular weight excluding hydrogens is 484 g/mol. The molecule has 4 rings (SSSR count). The second-order valence-corrected chi connectivity index (χ2v) is 9.72. The molecule has 0 aliphatic carbocycles. The maximum Gasteiger partial charge on any atom is 0.255 e. The Balaban J connectivity index is 1.57. The predicted octanol–water partition coefficient (Wildman–Crippen LogP) is 5.60. The SMILES string of the molecule is COc1cc([C@@H]2N=C(SCC(=O)Nc3cccc(C)c3)NC(C)=C2C(=O)Nc2ccccc2)ccc1C. The number of rotatable bonds is 7. The zero-order chi connectivity index (χ0) is 26.4. The van der Waals surface area contributed by atoms with E-state index in [1.165, 1.54) is 11.8 Å². The van der Waals surface area contributed by atoms with Crippen LogP contribution in [0.15, 0.2) is 89.1 Å². The number of ether oxygens (including phenoxy) is 1. The highest BCUT2D eigenvalue weighted by molar-refractivity contribution is 8.14. The van der Waals surface area contributed by atoms with E-state index < -0.39 is 6.04 Å². The molecule has 2 amide bonds. The number of methoxy groups -OCH3 is 1. The summed E-state index contributed by atoms with van der Waals surface area (Å²) in [5.41, 5.74) is 5.52. The van der Waals surface area contributed by atoms with Crippen LogP contribution in [0.1, 0.15) is 29.7 Å². The van der Waals surface area contributed by atoms with Gasteiger partial charge in [0.1, 0.15) is 11.8 Å². The lowest BCUT2D eigenvalue weighted by molar-refractivity contribution is -0.114. The first-order chi connectivity index (χ1) is 17.8. The van der Waals surface area contributed by atoms with E-state index in [1.807, 2.05) is 93.6 Å². The Morgan fingerprint density at radius 1 is 0.946 bits per heavy atom. The molecule has 0 bridgehead atoms. The van der Waals surface area contributed by atoms with Gasteiger partial charge in [-0.2, -0.15) is 0 Å². The van der Waals surface area contributed by atoms with Gasteiger partial charge in [0.05, 0.1) is 18.4 Å². The first kappa shape index (κ1) is 26.0. The lowest BCUT2D eigenvalue weighted by Gasteiger charge is -2.27. The van der Waals surface area contributed by atoms with Crippen LogP contribution in [0.2, 0.25) is 0 Å². The summed E-state index contributed by atoms with van der Waals surface area (Å²) in [5.74, 6) is 0.509. The van der Waals surface area contributed by atoms with Crippen LogP contribution in [0, 0.1) is 13.8 Å². The topological polar surface area (TPSA) is 91.8 Å². The Hall–Kier alpha value is -4.04. The molecule has 0 aromatic heterocycles. The highest BCUT2D eigenvalue weighted by Gasteiger charge is 2.30. The van der Waals surface area contributed by atoms with E-state index in [1.54, 1.807) is 7.11 Å². The summed E-state index contributed by atoms with van der Waals surface area (Å²) < 4.78 is 5.53. The van der Waals surface area contributed by atoms with Crippen molar-refractivity contribution in [1.29, 1.82) is 0 Å². The molecule has 3 aromatic rings. The number of allylic oxidation sites excluding steroid dienone is 1. The van der Waals surface area contributed by atoms with Gasteiger partial charge in [-0.05, 0) is 67.8 Å². The van der Waals surface area contributed by atoms with Crippen LogP contribution in [0.3, 0.4) is 0 Å². The van der Waals surface area contributed by atoms with Crippen LogP contribution in [0.4, 0.5) is 11.4 Å². The molecule has 0 unspecified atom stereocenters. The van der Waals surface area contributed by atoms with Crippen LogP contribution in [-0.2, 0) is 9.59 Å². The van der Waals surface area contributed by atoms with E-state index >= 15 is 0 Å². The van der Waals surface area contributed by atoms with Crippen molar-refractivity contribution in [2.75, 3.05) is 23.5 Å². The van der Waals surface area contributed by atoms with Gasteiger partial charge in [-0.3, -0.25) is 9.59 Å². The Labute approximate surface area is 221 Å². The van der Waals surface area contributed by atoms with Gasteiger partial charge in [-0.15, -0.1) is 0 Å². The third-order valence-corrected chi connectivity index (χ3v) is 6.77. The standard InChI is InChI=1S/C29H30N4O3S/c1-18-9-8-12-23(15-18)31-25(34)17-37-29-30-20(3)26(28(35)32-22-10-6-5-7-11-22)27(33-29)21-14-13-19(2)24(16-21)36-4/h5-16,27H,17H2,1-4H3,(H,30,33)(H,31,34)(H,32,35)/t27-/m0/s1. The largest absolute Gasteiger partial charge is 0.496 e. The fourth-order valence-corrected chi connectivity index (χ4v) is 4.78. The van der Waals surface area contributed by atoms with Crippen molar-refractivity contribution in [3.05, 3.63) is 101 Å². The number of amidine groups is 1. The maximum atomic E-state index is 13.4. The van der Waals surface area contributed by atoms with Crippen molar-refractivity contribution in [3.63, 3.8) is 0 Å². The first-order valence-corrected chi connectivity index (χ1v) is 12.9. The number of aliphatic imine (C=N–C) groups is 1. The molecule has 1 heterocycles. The molecule has 0 spiro atoms. The van der Waals surface area contributed by atoms with Crippen LogP contribution < -0.4 is 20.7 Å². The summed E-state index contributed by atoms with van der Waals surface area (Å²) in [6.07, 6.45) is 0. The molecule has 0 fully saturated rings. The Kier molecular flexibility index (Phi) is 8.30. The lowest BCUT2D eigenvalue weighted by atomic mass is 9.94. The summed E-state index contributed by atoms with van der Waals surface area (Å²) >= 11 is 1.29. The molecule has 3 N–H and O–H groups in total. The molecule has 7 nitrogen and oxygen atoms in total. The van der Waals surface area contributed by atoms with Gasteiger partial charge >= 0.3 is 0 Å². The van der Waals surface area contributed by atoms with Gasteiger partial charge in [0, 0.05) is 17.1 Å². The molecule has 8 heteroatoms. The van der Waals surface area contributed by atoms with Crippen LogP contribution >= 0.6 is 11.8 Å². The zero-order valence-corrected chi connectivity index (χ0v) is 22.1. The molecule has 1 atom stereocenters. The highest BCUT2D eigenvalue weighted by Crippen LogP contribution is 2.35. The maximum absolute atomic E-state index is 13.4. The van der Waals surface area contributed by atoms with Gasteiger partial charge in [-0.1, -0.05) is 54.2 Å². The number of aryl methyl sites for hydroxylation is 2. The van der Waals surface area contributed by atoms with Crippen molar-refractivity contribution in [3.8, 4) is 5.75 Å². The minimum absolute atomic E-state index is 0.136. The smallest absolute Gasteiger partial charge is 0.255 e. The van der Waals surface area contributed by atoms with E-state index in [4.69, 9.17) is 9.73 Å². The molecule has 0 saturated heterocycles. The van der Waals surface area contributed by atoms with E-state index in [0.717, 1.165) is 28.1 Å². The summed E-state index contributed by atoms with van der Waals surface area (Å²) in [6, 6.07) is 22.2. The van der Waals surface area contributed by atoms with Crippen molar-refractivity contribution < 1.29 is 14.3 Å². The summed E-state index contributed by atoms with van der Waals surface area (Å²) in [5, 5.41) is 9.68. The van der Waals surface area contributed by atoms with E-state index in [9.17, 15) is 9.59 Å². The number of carbonyl (C=O) groups excluding carboxylic acids is 2. The number of hydrogen-bond acceptors (Lipinski definition) is 6. The third-order valence-electron chi connectivity index (χ3n) is 5.88. The number of carbonyl (C=O) groups is 2. The van der Waals surface area contributed by atoms with E-state index in [0.29, 0.717) is 22.1 Å². The van der Waals surface area contributed by atoms with Gasteiger partial charge in [-0.25, -0.2) is 4.99 Å². The van der Waals surface area contributed by atoms with E-state index in [-0.39, 0.29) is 17.6 Å². The average Bonchev–Trinajstić information content (AvgIpc) is 2.88. The Morgan fingerprint density at radius 2 is 1.70 bits per heavy atom.